The smallest absolute Gasteiger partial charge is 0.366 e. The molecule has 3 rings (SSSR count). The first-order chi connectivity index (χ1) is 13.7. The number of rotatable bonds is 5. The topological polar surface area (TPSA) is 78.0 Å². The number of nitrogens with zero attached hydrogens (tertiary/aromatic N) is 2. The van der Waals surface area contributed by atoms with Gasteiger partial charge in [0.1, 0.15) is 6.04 Å². The third-order valence-electron chi connectivity index (χ3n) is 4.62. The number of aryl methyl sites for hydroxylation is 1. The Hall–Kier alpha value is -3.42. The lowest BCUT2D eigenvalue weighted by atomic mass is 9.96. The summed E-state index contributed by atoms with van der Waals surface area (Å²) in [5.74, 6) is -0.721. The van der Waals surface area contributed by atoms with Crippen LogP contribution in [0.2, 0.25) is 0 Å². The lowest BCUT2D eigenvalue weighted by molar-refractivity contribution is -0.137. The number of benzene rings is 1. The van der Waals surface area contributed by atoms with Gasteiger partial charge in [0, 0.05) is 18.5 Å². The molecule has 0 unspecified atom stereocenters. The SMILES string of the molecule is CCc1cccnc1[C@H](c1ccc(C(F)(F)F)cc1)n1cc(C(N)=O)ccc1=O. The Morgan fingerprint density at radius 2 is 1.83 bits per heavy atom. The van der Waals surface area contributed by atoms with Gasteiger partial charge < -0.3 is 10.3 Å². The molecule has 5 nitrogen and oxygen atoms in total. The van der Waals surface area contributed by atoms with Gasteiger partial charge in [-0.2, -0.15) is 13.2 Å². The Morgan fingerprint density at radius 3 is 2.41 bits per heavy atom. The molecule has 8 heteroatoms. The van der Waals surface area contributed by atoms with E-state index in [2.05, 4.69) is 4.98 Å². The Kier molecular flexibility index (Phi) is 5.54. The normalized spacial score (nSPS) is 12.6. The predicted octanol–water partition coefficient (Wildman–Crippen LogP) is 3.56. The first-order valence-corrected chi connectivity index (χ1v) is 8.85. The van der Waals surface area contributed by atoms with Crippen LogP contribution < -0.4 is 11.3 Å². The summed E-state index contributed by atoms with van der Waals surface area (Å²) in [6.07, 6.45) is -1.02. The molecule has 0 fully saturated rings. The maximum absolute atomic E-state index is 13.0. The highest BCUT2D eigenvalue weighted by atomic mass is 19.4. The van der Waals surface area contributed by atoms with Gasteiger partial charge in [0.25, 0.3) is 5.56 Å². The zero-order valence-electron chi connectivity index (χ0n) is 15.5. The fourth-order valence-electron chi connectivity index (χ4n) is 3.15. The highest BCUT2D eigenvalue weighted by Gasteiger charge is 2.31. The summed E-state index contributed by atoms with van der Waals surface area (Å²) in [6.45, 7) is 1.91. The van der Waals surface area contributed by atoms with Crippen LogP contribution in [-0.4, -0.2) is 15.5 Å². The van der Waals surface area contributed by atoms with Gasteiger partial charge in [-0.05, 0) is 41.8 Å². The van der Waals surface area contributed by atoms with E-state index in [-0.39, 0.29) is 5.56 Å². The molecule has 0 saturated heterocycles. The second kappa shape index (κ2) is 7.90. The third-order valence-corrected chi connectivity index (χ3v) is 4.62. The summed E-state index contributed by atoms with van der Waals surface area (Å²) < 4.78 is 40.2. The second-order valence-corrected chi connectivity index (χ2v) is 6.45. The molecule has 0 bridgehead atoms. The number of alkyl halides is 3. The molecule has 1 atom stereocenters. The lowest BCUT2D eigenvalue weighted by Gasteiger charge is -2.23. The molecule has 29 heavy (non-hydrogen) atoms. The minimum Gasteiger partial charge on any atom is -0.366 e. The Balaban J connectivity index is 2.25. The summed E-state index contributed by atoms with van der Waals surface area (Å²) in [5, 5.41) is 0. The van der Waals surface area contributed by atoms with Gasteiger partial charge in [0.05, 0.1) is 16.8 Å². The number of primary amides is 1. The Bertz CT molecular complexity index is 1090. The van der Waals surface area contributed by atoms with Crippen LogP contribution in [0.15, 0.2) is 65.7 Å². The number of nitrogens with two attached hydrogens (primary N) is 1. The molecule has 1 amide bonds. The van der Waals surface area contributed by atoms with Crippen molar-refractivity contribution in [1.29, 1.82) is 0 Å². The average molecular weight is 401 g/mol. The number of carbonyl (C=O) groups is 1. The minimum absolute atomic E-state index is 0.107. The zero-order chi connectivity index (χ0) is 21.2. The number of pyridine rings is 2. The number of carbonyl (C=O) groups excluding carboxylic acids is 1. The van der Waals surface area contributed by atoms with Crippen molar-refractivity contribution in [2.75, 3.05) is 0 Å². The average Bonchev–Trinajstić information content (AvgIpc) is 2.69. The van der Waals surface area contributed by atoms with Crippen LogP contribution in [0.5, 0.6) is 0 Å². The molecule has 3 aromatic rings. The summed E-state index contributed by atoms with van der Waals surface area (Å²) in [6, 6.07) is 9.81. The number of hydrogen-bond acceptors (Lipinski definition) is 3. The maximum atomic E-state index is 13.0. The van der Waals surface area contributed by atoms with E-state index < -0.39 is 29.2 Å². The van der Waals surface area contributed by atoms with Gasteiger partial charge in [-0.15, -0.1) is 0 Å². The Morgan fingerprint density at radius 1 is 1.14 bits per heavy atom. The quantitative estimate of drug-likeness (QED) is 0.710. The summed E-state index contributed by atoms with van der Waals surface area (Å²) in [5.41, 5.74) is 5.98. The van der Waals surface area contributed by atoms with Gasteiger partial charge in [0.15, 0.2) is 0 Å². The maximum Gasteiger partial charge on any atom is 0.416 e. The molecule has 0 aliphatic rings. The number of halogens is 3. The molecule has 0 saturated carbocycles. The van der Waals surface area contributed by atoms with Crippen molar-refractivity contribution in [1.82, 2.24) is 9.55 Å². The molecule has 2 N–H and O–H groups in total. The molecular formula is C21H18F3N3O2. The van der Waals surface area contributed by atoms with Gasteiger partial charge in [-0.25, -0.2) is 0 Å². The van der Waals surface area contributed by atoms with E-state index in [1.54, 1.807) is 12.3 Å². The van der Waals surface area contributed by atoms with E-state index in [0.717, 1.165) is 17.7 Å². The van der Waals surface area contributed by atoms with Gasteiger partial charge in [-0.1, -0.05) is 25.1 Å². The van der Waals surface area contributed by atoms with E-state index >= 15 is 0 Å². The van der Waals surface area contributed by atoms with Crippen molar-refractivity contribution in [2.45, 2.75) is 25.6 Å². The van der Waals surface area contributed by atoms with Crippen molar-refractivity contribution in [2.24, 2.45) is 5.73 Å². The standard InChI is InChI=1S/C21H18F3N3O2/c1-2-13-4-3-11-26-18(13)19(14-5-8-16(9-6-14)21(22,23)24)27-12-15(20(25)29)7-10-17(27)28/h3-12,19H,2H2,1H3,(H2,25,29)/t19-/m0/s1. The fraction of sp³-hybridized carbons (Fsp3) is 0.190. The van der Waals surface area contributed by atoms with Crippen LogP contribution >= 0.6 is 0 Å². The van der Waals surface area contributed by atoms with E-state index in [1.165, 1.54) is 35.0 Å². The van der Waals surface area contributed by atoms with Crippen molar-refractivity contribution in [3.63, 3.8) is 0 Å². The van der Waals surface area contributed by atoms with E-state index in [0.29, 0.717) is 17.7 Å². The molecule has 0 aliphatic carbocycles. The number of hydrogen-bond donors (Lipinski definition) is 1. The first-order valence-electron chi connectivity index (χ1n) is 8.85. The van der Waals surface area contributed by atoms with E-state index in [1.807, 2.05) is 13.0 Å². The van der Waals surface area contributed by atoms with Gasteiger partial charge in [-0.3, -0.25) is 14.6 Å². The minimum atomic E-state index is -4.48. The van der Waals surface area contributed by atoms with Crippen molar-refractivity contribution in [3.8, 4) is 0 Å². The monoisotopic (exact) mass is 401 g/mol. The van der Waals surface area contributed by atoms with Crippen LogP contribution in [0, 0.1) is 0 Å². The summed E-state index contributed by atoms with van der Waals surface area (Å²) in [4.78, 5) is 28.6. The van der Waals surface area contributed by atoms with Crippen molar-refractivity contribution >= 4 is 5.91 Å². The zero-order valence-corrected chi connectivity index (χ0v) is 15.5. The van der Waals surface area contributed by atoms with Crippen LogP contribution in [0.1, 0.15) is 45.7 Å². The van der Waals surface area contributed by atoms with E-state index in [4.69, 9.17) is 5.73 Å². The molecule has 0 spiro atoms. The molecule has 2 aromatic heterocycles. The Labute approximate surface area is 164 Å². The van der Waals surface area contributed by atoms with E-state index in [9.17, 15) is 22.8 Å². The second-order valence-electron chi connectivity index (χ2n) is 6.45. The third kappa shape index (κ3) is 4.21. The first kappa shape index (κ1) is 20.3. The number of amides is 1. The van der Waals surface area contributed by atoms with Crippen LogP contribution in [-0.2, 0) is 12.6 Å². The molecule has 2 heterocycles. The van der Waals surface area contributed by atoms with Gasteiger partial charge in [0.2, 0.25) is 5.91 Å². The lowest BCUT2D eigenvalue weighted by Crippen LogP contribution is -2.28. The molecule has 0 aliphatic heterocycles. The van der Waals surface area contributed by atoms with Crippen molar-refractivity contribution in [3.05, 3.63) is 99.2 Å². The van der Waals surface area contributed by atoms with Gasteiger partial charge >= 0.3 is 6.18 Å². The van der Waals surface area contributed by atoms with Crippen molar-refractivity contribution < 1.29 is 18.0 Å². The summed E-state index contributed by atoms with van der Waals surface area (Å²) in [7, 11) is 0. The fourth-order valence-corrected chi connectivity index (χ4v) is 3.15. The molecule has 150 valence electrons. The predicted molar refractivity (Wildman–Crippen MR) is 102 cm³/mol. The molecule has 0 radical (unpaired) electrons. The van der Waals surface area contributed by atoms with Crippen LogP contribution in [0.25, 0.3) is 0 Å². The largest absolute Gasteiger partial charge is 0.416 e. The molecule has 1 aromatic carbocycles. The van der Waals surface area contributed by atoms with Crippen LogP contribution in [0.4, 0.5) is 13.2 Å². The van der Waals surface area contributed by atoms with Crippen LogP contribution in [0.3, 0.4) is 0 Å². The summed E-state index contributed by atoms with van der Waals surface area (Å²) >= 11 is 0. The number of aromatic nitrogens is 2. The molecular weight excluding hydrogens is 383 g/mol. The highest BCUT2D eigenvalue weighted by Crippen LogP contribution is 2.32. The highest BCUT2D eigenvalue weighted by molar-refractivity contribution is 5.92.